The minimum atomic E-state index is 0.607. The molecular weight excluding hydrogens is 351 g/mol. The number of rotatable bonds is 2. The first-order chi connectivity index (χ1) is 9.01. The Morgan fingerprint density at radius 2 is 1.79 bits per heavy atom. The smallest absolute Gasteiger partial charge is 0.150 e. The standard InChI is InChI=1S/C15H13IN2O/c1-9-5-11(8-17)6-10(2)15(9)19-14-4-3-12(16)7-13(14)18/h3-7H,18H2,1-2H3. The lowest BCUT2D eigenvalue weighted by molar-refractivity contribution is 0.477. The second-order valence-corrected chi connectivity index (χ2v) is 5.58. The molecule has 0 unspecified atom stereocenters. The van der Waals surface area contributed by atoms with E-state index in [0.29, 0.717) is 17.0 Å². The van der Waals surface area contributed by atoms with Gasteiger partial charge in [-0.1, -0.05) is 0 Å². The van der Waals surface area contributed by atoms with Gasteiger partial charge < -0.3 is 10.5 Å². The van der Waals surface area contributed by atoms with Crippen LogP contribution in [-0.4, -0.2) is 0 Å². The van der Waals surface area contributed by atoms with E-state index >= 15 is 0 Å². The maximum Gasteiger partial charge on any atom is 0.150 e. The summed E-state index contributed by atoms with van der Waals surface area (Å²) in [5, 5.41) is 8.93. The third kappa shape index (κ3) is 2.99. The number of hydrogen-bond donors (Lipinski definition) is 1. The van der Waals surface area contributed by atoms with Crippen LogP contribution >= 0.6 is 22.6 Å². The Labute approximate surface area is 126 Å². The van der Waals surface area contributed by atoms with E-state index in [0.717, 1.165) is 20.4 Å². The quantitative estimate of drug-likeness (QED) is 0.643. The normalized spacial score (nSPS) is 10.0. The molecule has 0 atom stereocenters. The first-order valence-corrected chi connectivity index (χ1v) is 6.83. The van der Waals surface area contributed by atoms with E-state index in [-0.39, 0.29) is 0 Å². The second kappa shape index (κ2) is 5.49. The Morgan fingerprint density at radius 1 is 1.16 bits per heavy atom. The maximum absolute atomic E-state index is 8.93. The molecule has 0 spiro atoms. The van der Waals surface area contributed by atoms with Crippen molar-refractivity contribution in [2.75, 3.05) is 5.73 Å². The highest BCUT2D eigenvalue weighted by Crippen LogP contribution is 2.33. The second-order valence-electron chi connectivity index (χ2n) is 4.34. The SMILES string of the molecule is Cc1cc(C#N)cc(C)c1Oc1ccc(I)cc1N. The van der Waals surface area contributed by atoms with Crippen LogP contribution in [0.2, 0.25) is 0 Å². The van der Waals surface area contributed by atoms with E-state index in [1.165, 1.54) is 0 Å². The molecule has 0 amide bonds. The zero-order chi connectivity index (χ0) is 14.0. The van der Waals surface area contributed by atoms with Crippen LogP contribution in [0.25, 0.3) is 0 Å². The Bertz CT molecular complexity index is 651. The van der Waals surface area contributed by atoms with Crippen molar-refractivity contribution in [2.24, 2.45) is 0 Å². The summed E-state index contributed by atoms with van der Waals surface area (Å²) in [7, 11) is 0. The monoisotopic (exact) mass is 364 g/mol. The van der Waals surface area contributed by atoms with Gasteiger partial charge in [0.1, 0.15) is 11.5 Å². The first kappa shape index (κ1) is 13.7. The summed E-state index contributed by atoms with van der Waals surface area (Å²) >= 11 is 2.20. The van der Waals surface area contributed by atoms with E-state index in [9.17, 15) is 0 Å². The molecule has 0 heterocycles. The average Bonchev–Trinajstić information content (AvgIpc) is 2.35. The molecule has 2 N–H and O–H groups in total. The predicted octanol–water partition coefficient (Wildman–Crippen LogP) is 4.15. The van der Waals surface area contributed by atoms with Crippen molar-refractivity contribution in [3.63, 3.8) is 0 Å². The number of nitriles is 1. The van der Waals surface area contributed by atoms with Gasteiger partial charge in [0.25, 0.3) is 0 Å². The number of aryl methyl sites for hydroxylation is 2. The minimum absolute atomic E-state index is 0.607. The molecule has 96 valence electrons. The fourth-order valence-electron chi connectivity index (χ4n) is 1.90. The summed E-state index contributed by atoms with van der Waals surface area (Å²) in [6.45, 7) is 3.85. The third-order valence-electron chi connectivity index (χ3n) is 2.77. The molecule has 0 radical (unpaired) electrons. The maximum atomic E-state index is 8.93. The van der Waals surface area contributed by atoms with Crippen LogP contribution in [0.4, 0.5) is 5.69 Å². The van der Waals surface area contributed by atoms with Gasteiger partial charge in [-0.3, -0.25) is 0 Å². The van der Waals surface area contributed by atoms with Crippen LogP contribution in [0.1, 0.15) is 16.7 Å². The number of anilines is 1. The van der Waals surface area contributed by atoms with Gasteiger partial charge >= 0.3 is 0 Å². The summed E-state index contributed by atoms with van der Waals surface area (Å²) in [5.41, 5.74) is 9.04. The fourth-order valence-corrected chi connectivity index (χ4v) is 2.41. The van der Waals surface area contributed by atoms with E-state index in [1.54, 1.807) is 0 Å². The topological polar surface area (TPSA) is 59.0 Å². The van der Waals surface area contributed by atoms with Crippen LogP contribution in [-0.2, 0) is 0 Å². The Hall–Kier alpha value is -1.74. The van der Waals surface area contributed by atoms with Gasteiger partial charge in [-0.15, -0.1) is 0 Å². The van der Waals surface area contributed by atoms with Crippen molar-refractivity contribution < 1.29 is 4.74 Å². The average molecular weight is 364 g/mol. The van der Waals surface area contributed by atoms with Gasteiger partial charge in [0.15, 0.2) is 0 Å². The molecule has 2 aromatic rings. The summed E-state index contributed by atoms with van der Waals surface area (Å²) in [5.74, 6) is 1.39. The highest BCUT2D eigenvalue weighted by molar-refractivity contribution is 14.1. The zero-order valence-electron chi connectivity index (χ0n) is 10.7. The molecule has 0 aromatic heterocycles. The van der Waals surface area contributed by atoms with Crippen molar-refractivity contribution in [3.8, 4) is 17.6 Å². The molecule has 0 fully saturated rings. The van der Waals surface area contributed by atoms with Crippen LogP contribution < -0.4 is 10.5 Å². The molecule has 0 saturated carbocycles. The lowest BCUT2D eigenvalue weighted by atomic mass is 10.1. The van der Waals surface area contributed by atoms with Crippen LogP contribution in [0.3, 0.4) is 0 Å². The molecule has 0 aliphatic carbocycles. The Balaban J connectivity index is 2.41. The number of nitrogens with two attached hydrogens (primary N) is 1. The lowest BCUT2D eigenvalue weighted by Gasteiger charge is -2.13. The fraction of sp³-hybridized carbons (Fsp3) is 0.133. The van der Waals surface area contributed by atoms with E-state index in [1.807, 2.05) is 44.2 Å². The van der Waals surface area contributed by atoms with Gasteiger partial charge in [0, 0.05) is 3.57 Å². The number of ether oxygens (including phenoxy) is 1. The van der Waals surface area contributed by atoms with Crippen LogP contribution in [0.15, 0.2) is 30.3 Å². The van der Waals surface area contributed by atoms with Crippen molar-refractivity contribution in [2.45, 2.75) is 13.8 Å². The van der Waals surface area contributed by atoms with E-state index < -0.39 is 0 Å². The molecule has 19 heavy (non-hydrogen) atoms. The highest BCUT2D eigenvalue weighted by atomic mass is 127. The summed E-state index contributed by atoms with van der Waals surface area (Å²) in [6.07, 6.45) is 0. The molecule has 2 rings (SSSR count). The first-order valence-electron chi connectivity index (χ1n) is 5.75. The molecule has 2 aromatic carbocycles. The molecule has 0 saturated heterocycles. The summed E-state index contributed by atoms with van der Waals surface area (Å²) < 4.78 is 6.95. The summed E-state index contributed by atoms with van der Waals surface area (Å²) in [6, 6.07) is 11.4. The Morgan fingerprint density at radius 3 is 2.32 bits per heavy atom. The van der Waals surface area contributed by atoms with Gasteiger partial charge in [-0.2, -0.15) is 5.26 Å². The molecule has 4 heteroatoms. The molecule has 0 aliphatic rings. The molecule has 0 aliphatic heterocycles. The van der Waals surface area contributed by atoms with E-state index in [4.69, 9.17) is 15.7 Å². The largest absolute Gasteiger partial charge is 0.455 e. The summed E-state index contributed by atoms with van der Waals surface area (Å²) in [4.78, 5) is 0. The Kier molecular flexibility index (Phi) is 3.96. The number of nitrogens with zero attached hydrogens (tertiary/aromatic N) is 1. The number of halogens is 1. The third-order valence-corrected chi connectivity index (χ3v) is 3.44. The molecule has 0 bridgehead atoms. The van der Waals surface area contributed by atoms with Gasteiger partial charge in [-0.25, -0.2) is 0 Å². The van der Waals surface area contributed by atoms with Crippen LogP contribution in [0.5, 0.6) is 11.5 Å². The van der Waals surface area contributed by atoms with E-state index in [2.05, 4.69) is 28.7 Å². The van der Waals surface area contributed by atoms with Gasteiger partial charge in [0.05, 0.1) is 17.3 Å². The predicted molar refractivity (Wildman–Crippen MR) is 84.3 cm³/mol. The van der Waals surface area contributed by atoms with Crippen molar-refractivity contribution in [1.29, 1.82) is 5.26 Å². The molecule has 3 nitrogen and oxygen atoms in total. The van der Waals surface area contributed by atoms with Crippen molar-refractivity contribution >= 4 is 28.3 Å². The number of hydrogen-bond acceptors (Lipinski definition) is 3. The number of nitrogen functional groups attached to an aromatic ring is 1. The van der Waals surface area contributed by atoms with Gasteiger partial charge in [-0.05, 0) is 77.9 Å². The van der Waals surface area contributed by atoms with Crippen molar-refractivity contribution in [1.82, 2.24) is 0 Å². The minimum Gasteiger partial charge on any atom is -0.455 e. The van der Waals surface area contributed by atoms with Gasteiger partial charge in [0.2, 0.25) is 0 Å². The zero-order valence-corrected chi connectivity index (χ0v) is 12.9. The molecular formula is C15H13IN2O. The highest BCUT2D eigenvalue weighted by Gasteiger charge is 2.09. The lowest BCUT2D eigenvalue weighted by Crippen LogP contribution is -1.96. The number of benzene rings is 2. The van der Waals surface area contributed by atoms with Crippen LogP contribution in [0, 0.1) is 28.7 Å². The van der Waals surface area contributed by atoms with Crippen molar-refractivity contribution in [3.05, 3.63) is 50.6 Å².